The Morgan fingerprint density at radius 2 is 1.95 bits per heavy atom. The minimum atomic E-state index is -0.359. The highest BCUT2D eigenvalue weighted by Crippen LogP contribution is 2.32. The third kappa shape index (κ3) is 2.19. The summed E-state index contributed by atoms with van der Waals surface area (Å²) in [5, 5.41) is 4.54. The molecule has 3 rings (SSSR count). The zero-order valence-electron chi connectivity index (χ0n) is 10.9. The van der Waals surface area contributed by atoms with E-state index >= 15 is 0 Å². The second-order valence-electron chi connectivity index (χ2n) is 4.55. The second-order valence-corrected chi connectivity index (χ2v) is 4.96. The molecule has 0 radical (unpaired) electrons. The van der Waals surface area contributed by atoms with Crippen LogP contribution >= 0.6 is 11.6 Å². The summed E-state index contributed by atoms with van der Waals surface area (Å²) in [5.74, 6) is 0.281. The van der Waals surface area contributed by atoms with E-state index in [1.165, 1.54) is 6.07 Å². The van der Waals surface area contributed by atoms with E-state index in [1.807, 2.05) is 43.4 Å². The first kappa shape index (κ1) is 13.2. The van der Waals surface area contributed by atoms with Gasteiger partial charge >= 0.3 is 0 Å². The largest absolute Gasteiger partial charge is 0.456 e. The van der Waals surface area contributed by atoms with E-state index < -0.39 is 0 Å². The van der Waals surface area contributed by atoms with Crippen molar-refractivity contribution in [2.24, 2.45) is 0 Å². The fraction of sp³-hybridized carbons (Fsp3) is 0.125. The smallest absolute Gasteiger partial charge is 0.169 e. The summed E-state index contributed by atoms with van der Waals surface area (Å²) in [6, 6.07) is 14.0. The van der Waals surface area contributed by atoms with Gasteiger partial charge in [-0.05, 0) is 30.8 Å². The predicted octanol–water partition coefficient (Wildman–Crippen LogP) is 4.53. The molecule has 2 nitrogen and oxygen atoms in total. The molecule has 0 saturated carbocycles. The molecule has 102 valence electrons. The van der Waals surface area contributed by atoms with Crippen molar-refractivity contribution in [2.75, 3.05) is 7.05 Å². The Kier molecular flexibility index (Phi) is 3.47. The monoisotopic (exact) mass is 289 g/mol. The second kappa shape index (κ2) is 5.27. The minimum absolute atomic E-state index is 0.213. The molecule has 1 atom stereocenters. The summed E-state index contributed by atoms with van der Waals surface area (Å²) in [7, 11) is 1.82. The Morgan fingerprint density at radius 1 is 1.15 bits per heavy atom. The molecule has 0 aliphatic heterocycles. The fourth-order valence-corrected chi connectivity index (χ4v) is 2.59. The lowest BCUT2D eigenvalue weighted by Gasteiger charge is -2.15. The molecular formula is C16H13ClFNO. The lowest BCUT2D eigenvalue weighted by molar-refractivity contribution is 0.476. The van der Waals surface area contributed by atoms with Crippen molar-refractivity contribution in [1.82, 2.24) is 5.32 Å². The van der Waals surface area contributed by atoms with Crippen LogP contribution in [-0.2, 0) is 0 Å². The van der Waals surface area contributed by atoms with Crippen molar-refractivity contribution in [3.05, 3.63) is 70.7 Å². The van der Waals surface area contributed by atoms with Gasteiger partial charge in [-0.2, -0.15) is 0 Å². The van der Waals surface area contributed by atoms with Crippen LogP contribution in [0.4, 0.5) is 4.39 Å². The van der Waals surface area contributed by atoms with Gasteiger partial charge in [-0.3, -0.25) is 0 Å². The molecule has 0 fully saturated rings. The van der Waals surface area contributed by atoms with E-state index in [1.54, 1.807) is 6.07 Å². The Morgan fingerprint density at radius 3 is 2.65 bits per heavy atom. The highest BCUT2D eigenvalue weighted by atomic mass is 35.5. The molecule has 1 heterocycles. The standard InChI is InChI=1S/C16H13ClFNO/c1-19-15(11-6-2-3-7-12(11)17)14-9-10-5-4-8-13(18)16(10)20-14/h2-9,15,19H,1H3. The summed E-state index contributed by atoms with van der Waals surface area (Å²) >= 11 is 6.22. The summed E-state index contributed by atoms with van der Waals surface area (Å²) in [6.45, 7) is 0. The molecule has 0 aliphatic rings. The van der Waals surface area contributed by atoms with E-state index in [2.05, 4.69) is 5.32 Å². The van der Waals surface area contributed by atoms with Gasteiger partial charge in [0.2, 0.25) is 0 Å². The van der Waals surface area contributed by atoms with E-state index in [0.717, 1.165) is 10.9 Å². The third-order valence-corrected chi connectivity index (χ3v) is 3.65. The topological polar surface area (TPSA) is 25.2 Å². The number of nitrogens with one attached hydrogen (secondary N) is 1. The first-order valence-corrected chi connectivity index (χ1v) is 6.68. The van der Waals surface area contributed by atoms with Crippen LogP contribution in [0.15, 0.2) is 52.9 Å². The summed E-state index contributed by atoms with van der Waals surface area (Å²) in [4.78, 5) is 0. The normalized spacial score (nSPS) is 12.8. The molecule has 0 spiro atoms. The number of hydrogen-bond donors (Lipinski definition) is 1. The molecule has 0 saturated heterocycles. The molecule has 1 unspecified atom stereocenters. The maximum atomic E-state index is 13.7. The molecule has 20 heavy (non-hydrogen) atoms. The van der Waals surface area contributed by atoms with E-state index in [4.69, 9.17) is 16.0 Å². The molecule has 2 aromatic carbocycles. The Hall–Kier alpha value is -1.84. The summed E-state index contributed by atoms with van der Waals surface area (Å²) < 4.78 is 19.4. The lowest BCUT2D eigenvalue weighted by atomic mass is 10.0. The van der Waals surface area contributed by atoms with Gasteiger partial charge in [0.25, 0.3) is 0 Å². The number of halogens is 2. The van der Waals surface area contributed by atoms with Crippen molar-refractivity contribution in [3.8, 4) is 0 Å². The Bertz CT molecular complexity index is 753. The fourth-order valence-electron chi connectivity index (χ4n) is 2.35. The number of hydrogen-bond acceptors (Lipinski definition) is 2. The average Bonchev–Trinajstić information content (AvgIpc) is 2.87. The van der Waals surface area contributed by atoms with Crippen LogP contribution in [0.5, 0.6) is 0 Å². The van der Waals surface area contributed by atoms with Gasteiger partial charge in [0.15, 0.2) is 11.4 Å². The van der Waals surface area contributed by atoms with Crippen LogP contribution in [0, 0.1) is 5.82 Å². The molecular weight excluding hydrogens is 277 g/mol. The van der Waals surface area contributed by atoms with Gasteiger partial charge < -0.3 is 9.73 Å². The molecule has 0 amide bonds. The van der Waals surface area contributed by atoms with Crippen LogP contribution < -0.4 is 5.32 Å². The Labute approximate surface area is 121 Å². The molecule has 3 aromatic rings. The van der Waals surface area contributed by atoms with Crippen LogP contribution in [0.2, 0.25) is 5.02 Å². The quantitative estimate of drug-likeness (QED) is 0.766. The molecule has 1 N–H and O–H groups in total. The molecule has 1 aromatic heterocycles. The number of fused-ring (bicyclic) bond motifs is 1. The SMILES string of the molecule is CNC(c1cc2cccc(F)c2o1)c1ccccc1Cl. The van der Waals surface area contributed by atoms with Crippen LogP contribution in [0.25, 0.3) is 11.0 Å². The van der Waals surface area contributed by atoms with Crippen LogP contribution in [-0.4, -0.2) is 7.05 Å². The first-order chi connectivity index (χ1) is 9.70. The maximum absolute atomic E-state index is 13.7. The van der Waals surface area contributed by atoms with Crippen molar-refractivity contribution in [1.29, 1.82) is 0 Å². The van der Waals surface area contributed by atoms with Gasteiger partial charge in [-0.1, -0.05) is 41.9 Å². The van der Waals surface area contributed by atoms with Gasteiger partial charge in [0, 0.05) is 10.4 Å². The third-order valence-electron chi connectivity index (χ3n) is 3.30. The van der Waals surface area contributed by atoms with Gasteiger partial charge in [-0.25, -0.2) is 4.39 Å². The highest BCUT2D eigenvalue weighted by Gasteiger charge is 2.19. The number of benzene rings is 2. The Balaban J connectivity index is 2.12. The molecule has 4 heteroatoms. The zero-order valence-corrected chi connectivity index (χ0v) is 11.6. The summed E-state index contributed by atoms with van der Waals surface area (Å²) in [5.41, 5.74) is 1.17. The molecule has 0 aliphatic carbocycles. The van der Waals surface area contributed by atoms with Crippen LogP contribution in [0.3, 0.4) is 0 Å². The first-order valence-electron chi connectivity index (χ1n) is 6.30. The maximum Gasteiger partial charge on any atom is 0.169 e. The number of rotatable bonds is 3. The van der Waals surface area contributed by atoms with E-state index in [9.17, 15) is 4.39 Å². The zero-order chi connectivity index (χ0) is 14.1. The lowest BCUT2D eigenvalue weighted by Crippen LogP contribution is -2.17. The minimum Gasteiger partial charge on any atom is -0.456 e. The number of furan rings is 1. The molecule has 0 bridgehead atoms. The van der Waals surface area contributed by atoms with Gasteiger partial charge in [0.1, 0.15) is 5.76 Å². The van der Waals surface area contributed by atoms with Crippen LogP contribution in [0.1, 0.15) is 17.4 Å². The highest BCUT2D eigenvalue weighted by molar-refractivity contribution is 6.31. The van der Waals surface area contributed by atoms with E-state index in [0.29, 0.717) is 10.8 Å². The van der Waals surface area contributed by atoms with Gasteiger partial charge in [0.05, 0.1) is 6.04 Å². The van der Waals surface area contributed by atoms with Crippen molar-refractivity contribution in [2.45, 2.75) is 6.04 Å². The van der Waals surface area contributed by atoms with Crippen molar-refractivity contribution in [3.63, 3.8) is 0 Å². The van der Waals surface area contributed by atoms with Crippen molar-refractivity contribution < 1.29 is 8.81 Å². The number of para-hydroxylation sites is 1. The average molecular weight is 290 g/mol. The predicted molar refractivity (Wildman–Crippen MR) is 78.5 cm³/mol. The van der Waals surface area contributed by atoms with Crippen molar-refractivity contribution >= 4 is 22.6 Å². The van der Waals surface area contributed by atoms with E-state index in [-0.39, 0.29) is 17.4 Å². The summed E-state index contributed by atoms with van der Waals surface area (Å²) in [6.07, 6.45) is 0. The van der Waals surface area contributed by atoms with Gasteiger partial charge in [-0.15, -0.1) is 0 Å².